The van der Waals surface area contributed by atoms with E-state index in [9.17, 15) is 40.3 Å². The Labute approximate surface area is 132 Å². The fraction of sp³-hybridized carbons (Fsp3) is 0.833. The van der Waals surface area contributed by atoms with Gasteiger partial charge in [-0.25, -0.2) is 9.59 Å². The van der Waals surface area contributed by atoms with E-state index in [4.69, 9.17) is 0 Å². The molecule has 0 aromatic carbocycles. The summed E-state index contributed by atoms with van der Waals surface area (Å²) in [5.74, 6) is -13.9. The van der Waals surface area contributed by atoms with Crippen molar-refractivity contribution in [2.75, 3.05) is 13.7 Å². The van der Waals surface area contributed by atoms with Gasteiger partial charge in [-0.3, -0.25) is 0 Å². The molecule has 0 aromatic heterocycles. The number of hydrogen-bond donors (Lipinski definition) is 1. The molecule has 0 aliphatic carbocycles. The van der Waals surface area contributed by atoms with E-state index in [-0.39, 0.29) is 12.5 Å². The molecule has 0 saturated heterocycles. The Balaban J connectivity index is 5.36. The molecule has 0 spiro atoms. The van der Waals surface area contributed by atoms with Gasteiger partial charge in [0.15, 0.2) is 0 Å². The highest BCUT2D eigenvalue weighted by Gasteiger charge is 2.73. The van der Waals surface area contributed by atoms with E-state index >= 15 is 0 Å². The lowest BCUT2D eigenvalue weighted by Gasteiger charge is -2.30. The second kappa shape index (κ2) is 7.88. The zero-order valence-corrected chi connectivity index (χ0v) is 12.8. The highest BCUT2D eigenvalue weighted by molar-refractivity contribution is 5.81. The van der Waals surface area contributed by atoms with Gasteiger partial charge in [0.05, 0.1) is 13.7 Å². The second-order valence-electron chi connectivity index (χ2n) is 5.19. The van der Waals surface area contributed by atoms with Crippen LogP contribution in [0.1, 0.15) is 20.3 Å². The van der Waals surface area contributed by atoms with Gasteiger partial charge in [0, 0.05) is 6.42 Å². The van der Waals surface area contributed by atoms with E-state index in [0.717, 1.165) is 7.11 Å². The third-order valence-electron chi connectivity index (χ3n) is 2.60. The van der Waals surface area contributed by atoms with Crippen LogP contribution in [-0.4, -0.2) is 49.8 Å². The number of carbonyl (C=O) groups is 2. The lowest BCUT2D eigenvalue weighted by Crippen LogP contribution is -2.56. The van der Waals surface area contributed by atoms with E-state index in [2.05, 4.69) is 9.47 Å². The van der Waals surface area contributed by atoms with Crippen LogP contribution in [0, 0.1) is 5.92 Å². The molecule has 0 rings (SSSR count). The highest BCUT2D eigenvalue weighted by Crippen LogP contribution is 2.48. The van der Waals surface area contributed by atoms with E-state index < -0.39 is 42.5 Å². The Bertz CT molecular complexity index is 451. The summed E-state index contributed by atoms with van der Waals surface area (Å²) in [6, 6.07) is -2.46. The van der Waals surface area contributed by atoms with E-state index in [1.807, 2.05) is 0 Å². The normalized spacial score (nSPS) is 14.3. The van der Waals surface area contributed by atoms with Crippen molar-refractivity contribution >= 4 is 12.1 Å². The molecular formula is C12H16F7NO4. The van der Waals surface area contributed by atoms with Crippen LogP contribution < -0.4 is 5.32 Å². The number of ether oxygens (including phenoxy) is 2. The molecule has 1 unspecified atom stereocenters. The van der Waals surface area contributed by atoms with Gasteiger partial charge >= 0.3 is 30.1 Å². The molecule has 0 saturated carbocycles. The Hall–Kier alpha value is -1.75. The average molecular weight is 371 g/mol. The van der Waals surface area contributed by atoms with Crippen LogP contribution in [-0.2, 0) is 14.3 Å². The highest BCUT2D eigenvalue weighted by atomic mass is 19.4. The van der Waals surface area contributed by atoms with Crippen LogP contribution in [0.2, 0.25) is 0 Å². The Morgan fingerprint density at radius 2 is 1.54 bits per heavy atom. The van der Waals surface area contributed by atoms with Crippen molar-refractivity contribution < 1.29 is 49.8 Å². The fourth-order valence-electron chi connectivity index (χ4n) is 1.34. The van der Waals surface area contributed by atoms with Crippen LogP contribution in [0.25, 0.3) is 0 Å². The monoisotopic (exact) mass is 371 g/mol. The van der Waals surface area contributed by atoms with Gasteiger partial charge in [0.25, 0.3) is 0 Å². The van der Waals surface area contributed by atoms with Gasteiger partial charge in [-0.1, -0.05) is 13.8 Å². The zero-order valence-electron chi connectivity index (χ0n) is 12.8. The molecule has 0 fully saturated rings. The zero-order chi connectivity index (χ0) is 19.3. The smallest absolute Gasteiger partial charge is 0.459 e. The van der Waals surface area contributed by atoms with Crippen molar-refractivity contribution in [3.05, 3.63) is 0 Å². The van der Waals surface area contributed by atoms with Crippen molar-refractivity contribution in [1.29, 1.82) is 0 Å². The minimum Gasteiger partial charge on any atom is -0.464 e. The van der Waals surface area contributed by atoms with Crippen LogP contribution >= 0.6 is 0 Å². The number of hydrogen-bond acceptors (Lipinski definition) is 4. The molecule has 0 bridgehead atoms. The van der Waals surface area contributed by atoms with Gasteiger partial charge in [-0.05, 0) is 5.92 Å². The topological polar surface area (TPSA) is 64.6 Å². The molecule has 1 amide bonds. The first kappa shape index (κ1) is 22.2. The van der Waals surface area contributed by atoms with Crippen molar-refractivity contribution in [1.82, 2.24) is 5.32 Å². The maximum Gasteiger partial charge on any atom is 0.459 e. The first-order chi connectivity index (χ1) is 10.7. The number of alkyl carbamates (subject to hydrolysis) is 1. The van der Waals surface area contributed by atoms with Gasteiger partial charge in [-0.15, -0.1) is 0 Å². The maximum atomic E-state index is 13.4. The molecule has 24 heavy (non-hydrogen) atoms. The maximum absolute atomic E-state index is 13.4. The summed E-state index contributed by atoms with van der Waals surface area (Å²) in [4.78, 5) is 22.6. The van der Waals surface area contributed by atoms with Crippen LogP contribution in [0.15, 0.2) is 0 Å². The van der Waals surface area contributed by atoms with E-state index in [1.165, 1.54) is 5.32 Å². The number of nitrogens with one attached hydrogen (secondary N) is 1. The van der Waals surface area contributed by atoms with E-state index in [1.54, 1.807) is 13.8 Å². The number of esters is 1. The lowest BCUT2D eigenvalue weighted by atomic mass is 10.0. The molecule has 0 radical (unpaired) electrons. The quantitative estimate of drug-likeness (QED) is 0.552. The summed E-state index contributed by atoms with van der Waals surface area (Å²) in [5, 5.41) is 1.45. The van der Waals surface area contributed by atoms with Gasteiger partial charge in [0.2, 0.25) is 0 Å². The first-order valence-electron chi connectivity index (χ1n) is 6.49. The predicted octanol–water partition coefficient (Wildman–Crippen LogP) is 3.13. The van der Waals surface area contributed by atoms with Crippen LogP contribution in [0.5, 0.6) is 0 Å². The Kier molecular flexibility index (Phi) is 7.31. The first-order valence-corrected chi connectivity index (χ1v) is 6.49. The number of halogens is 7. The van der Waals surface area contributed by atoms with Gasteiger partial charge in [0.1, 0.15) is 6.04 Å². The van der Waals surface area contributed by atoms with Crippen molar-refractivity contribution in [3.8, 4) is 0 Å². The number of carbonyl (C=O) groups excluding carboxylic acids is 2. The fourth-order valence-corrected chi connectivity index (χ4v) is 1.34. The summed E-state index contributed by atoms with van der Waals surface area (Å²) < 4.78 is 97.4. The number of methoxy groups -OCH3 is 1. The molecule has 0 aromatic rings. The molecule has 142 valence electrons. The van der Waals surface area contributed by atoms with Crippen LogP contribution in [0.4, 0.5) is 35.5 Å². The lowest BCUT2D eigenvalue weighted by molar-refractivity contribution is -0.356. The minimum absolute atomic E-state index is 0.273. The standard InChI is InChI=1S/C12H16F7NO4/c1-6(2)5-24-8(21)7(20-9(22)23-3)4-10(13,14)11(15,16)12(17,18)19/h6-7H,4-5H2,1-3H3,(H,20,22). The summed E-state index contributed by atoms with van der Waals surface area (Å²) in [7, 11) is 0.772. The molecule has 1 atom stereocenters. The van der Waals surface area contributed by atoms with Crippen LogP contribution in [0.3, 0.4) is 0 Å². The molecule has 0 aliphatic heterocycles. The number of amides is 1. The minimum atomic E-state index is -6.55. The summed E-state index contributed by atoms with van der Waals surface area (Å²) >= 11 is 0. The number of alkyl halides is 7. The molecule has 0 aliphatic rings. The number of rotatable bonds is 7. The molecule has 12 heteroatoms. The van der Waals surface area contributed by atoms with E-state index in [0.29, 0.717) is 0 Å². The molecule has 5 nitrogen and oxygen atoms in total. The van der Waals surface area contributed by atoms with Gasteiger partial charge in [-0.2, -0.15) is 30.7 Å². The van der Waals surface area contributed by atoms with Crippen molar-refractivity contribution in [2.24, 2.45) is 5.92 Å². The second-order valence-corrected chi connectivity index (χ2v) is 5.19. The summed E-state index contributed by atoms with van der Waals surface area (Å²) in [6.45, 7) is 2.80. The summed E-state index contributed by atoms with van der Waals surface area (Å²) in [6.07, 6.45) is -10.4. The predicted molar refractivity (Wildman–Crippen MR) is 65.7 cm³/mol. The Morgan fingerprint density at radius 1 is 1.04 bits per heavy atom. The van der Waals surface area contributed by atoms with Gasteiger partial charge < -0.3 is 14.8 Å². The van der Waals surface area contributed by atoms with Crippen molar-refractivity contribution in [3.63, 3.8) is 0 Å². The Morgan fingerprint density at radius 3 is 1.92 bits per heavy atom. The SMILES string of the molecule is COC(=O)NC(CC(F)(F)C(F)(F)C(F)(F)F)C(=O)OCC(C)C. The average Bonchev–Trinajstić information content (AvgIpc) is 2.41. The largest absolute Gasteiger partial charge is 0.464 e. The third kappa shape index (κ3) is 5.71. The summed E-state index contributed by atoms with van der Waals surface area (Å²) in [5.41, 5.74) is 0. The molecule has 0 heterocycles. The molecule has 1 N–H and O–H groups in total. The third-order valence-corrected chi connectivity index (χ3v) is 2.60. The molecular weight excluding hydrogens is 355 g/mol. The van der Waals surface area contributed by atoms with Crippen molar-refractivity contribution in [2.45, 2.75) is 44.3 Å².